The lowest BCUT2D eigenvalue weighted by atomic mass is 9.88. The second-order valence-electron chi connectivity index (χ2n) is 13.3. The topological polar surface area (TPSA) is 129 Å². The van der Waals surface area contributed by atoms with E-state index in [1.807, 2.05) is 0 Å². The minimum atomic E-state index is -9.04. The lowest BCUT2D eigenvalue weighted by molar-refractivity contribution is -0.461. The molecule has 0 aromatic heterocycles. The van der Waals surface area contributed by atoms with Crippen LogP contribution in [0.1, 0.15) is 33.6 Å². The first-order chi connectivity index (χ1) is 30.4. The van der Waals surface area contributed by atoms with Crippen LogP contribution in [0.2, 0.25) is 0 Å². The SMILES string of the molecule is NNC(=O)c1cc(OCCC(F)(F)C(F)(F)C(F)(F)C(F)(F)C(F)(F)C(F)(F)C(F)(F)C(F)(F)F)c(C(=O)NN)cc1OCCC(F)(F)C(F)(F)C(F)(F)C(F)(F)C(F)(F)C(F)(F)C(F)(F)C(F)(F)F. The Morgan fingerprint density at radius 3 is 0.714 bits per heavy atom. The summed E-state index contributed by atoms with van der Waals surface area (Å²) in [5, 5.41) is 0. The van der Waals surface area contributed by atoms with Gasteiger partial charge in [0.05, 0.1) is 37.2 Å². The van der Waals surface area contributed by atoms with E-state index in [9.17, 15) is 159 Å². The van der Waals surface area contributed by atoms with Crippen molar-refractivity contribution in [2.24, 2.45) is 11.7 Å². The van der Waals surface area contributed by atoms with Crippen molar-refractivity contribution < 1.29 is 168 Å². The maximum Gasteiger partial charge on any atom is 0.460 e. The minimum absolute atomic E-state index is 0.328. The van der Waals surface area contributed by atoms with E-state index >= 15 is 0 Å². The van der Waals surface area contributed by atoms with Gasteiger partial charge in [-0.25, -0.2) is 11.7 Å². The molecule has 42 heteroatoms. The molecule has 0 fully saturated rings. The van der Waals surface area contributed by atoms with E-state index in [-0.39, 0.29) is 12.1 Å². The Balaban J connectivity index is 3.69. The number of hydrogen-bond donors (Lipinski definition) is 4. The lowest BCUT2D eigenvalue weighted by Gasteiger charge is -2.42. The molecular weight excluding hydrogens is 1100 g/mol. The maximum absolute atomic E-state index is 14.4. The third kappa shape index (κ3) is 9.21. The highest BCUT2D eigenvalue weighted by molar-refractivity contribution is 6.02. The third-order valence-corrected chi connectivity index (χ3v) is 8.75. The molecule has 0 saturated carbocycles. The van der Waals surface area contributed by atoms with Crippen molar-refractivity contribution in [3.63, 3.8) is 0 Å². The quantitative estimate of drug-likeness (QED) is 0.0396. The Morgan fingerprint density at radius 2 is 0.529 bits per heavy atom. The summed E-state index contributed by atoms with van der Waals surface area (Å²) in [5.74, 6) is -118. The molecular formula is C28H16F34N4O4. The zero-order valence-corrected chi connectivity index (χ0v) is 31.6. The molecule has 1 aromatic rings. The van der Waals surface area contributed by atoms with Gasteiger partial charge in [0.15, 0.2) is 0 Å². The highest BCUT2D eigenvalue weighted by Gasteiger charge is 2.97. The summed E-state index contributed by atoms with van der Waals surface area (Å²) in [7, 11) is 0. The molecule has 0 aliphatic rings. The standard InChI is InChI=1S/C28H16F34N4O4/c29-13(30,15(33,34)17(37,38)19(41,42)21(45,46)23(49,50)25(53,54)27(57,58)59)1-3-69-9-5-8(12(68)66-64)10(6-7(9)11(67)65-63)70-4-2-14(31,32)16(35,36)18(39,40)20(43,44)22(47,48)24(51,52)26(55,56)28(60,61)62/h5-6H,1-4,63-64H2,(H,65,67)(H,66,68). The van der Waals surface area contributed by atoms with Crippen molar-refractivity contribution in [2.45, 2.75) is 108 Å². The van der Waals surface area contributed by atoms with Gasteiger partial charge >= 0.3 is 95.3 Å². The van der Waals surface area contributed by atoms with E-state index < -0.39 is 156 Å². The van der Waals surface area contributed by atoms with Gasteiger partial charge in [-0.05, 0) is 12.1 Å². The lowest BCUT2D eigenvalue weighted by Crippen LogP contribution is -2.74. The number of alkyl halides is 34. The van der Waals surface area contributed by atoms with Crippen molar-refractivity contribution in [2.75, 3.05) is 13.2 Å². The first kappa shape index (κ1) is 63.3. The van der Waals surface area contributed by atoms with E-state index in [1.54, 1.807) is 0 Å². The predicted octanol–water partition coefficient (Wildman–Crippen LogP) is 10.5. The zero-order chi connectivity index (χ0) is 56.5. The van der Waals surface area contributed by atoms with Gasteiger partial charge in [0, 0.05) is 0 Å². The number of carbonyl (C=O) groups excluding carboxylic acids is 2. The van der Waals surface area contributed by atoms with Crippen molar-refractivity contribution >= 4 is 11.8 Å². The van der Waals surface area contributed by atoms with E-state index in [2.05, 4.69) is 21.2 Å². The van der Waals surface area contributed by atoms with Crippen LogP contribution in [0.3, 0.4) is 0 Å². The van der Waals surface area contributed by atoms with E-state index in [4.69, 9.17) is 0 Å². The Morgan fingerprint density at radius 1 is 0.343 bits per heavy atom. The molecule has 0 saturated heterocycles. The number of benzene rings is 1. The number of hydrazine groups is 2. The van der Waals surface area contributed by atoms with Crippen LogP contribution in [0.4, 0.5) is 149 Å². The maximum atomic E-state index is 14.4. The highest BCUT2D eigenvalue weighted by atomic mass is 19.4. The van der Waals surface area contributed by atoms with E-state index in [0.717, 1.165) is 10.9 Å². The molecule has 0 bridgehead atoms. The summed E-state index contributed by atoms with van der Waals surface area (Å²) in [6, 6.07) is -0.657. The summed E-state index contributed by atoms with van der Waals surface area (Å²) in [4.78, 5) is 24.5. The number of nitrogens with two attached hydrogens (primary N) is 2. The Kier molecular flexibility index (Phi) is 16.4. The molecule has 0 heterocycles. The molecule has 8 nitrogen and oxygen atoms in total. The predicted molar refractivity (Wildman–Crippen MR) is 151 cm³/mol. The van der Waals surface area contributed by atoms with Gasteiger partial charge in [-0.15, -0.1) is 0 Å². The first-order valence-electron chi connectivity index (χ1n) is 16.3. The molecule has 0 aliphatic heterocycles. The molecule has 0 radical (unpaired) electrons. The molecule has 1 rings (SSSR count). The molecule has 0 atom stereocenters. The van der Waals surface area contributed by atoms with E-state index in [1.165, 1.54) is 0 Å². The molecule has 6 N–H and O–H groups in total. The fourth-order valence-corrected chi connectivity index (χ4v) is 4.59. The molecule has 2 amide bonds. The summed E-state index contributed by atoms with van der Waals surface area (Å²) >= 11 is 0. The Labute approximate surface area is 359 Å². The Hall–Kier alpha value is -4.70. The molecule has 1 aromatic carbocycles. The fraction of sp³-hybridized carbons (Fsp3) is 0.714. The molecule has 0 spiro atoms. The number of nitrogens with one attached hydrogen (secondary N) is 2. The van der Waals surface area contributed by atoms with Crippen LogP contribution in [0.15, 0.2) is 12.1 Å². The van der Waals surface area contributed by atoms with Gasteiger partial charge in [-0.1, -0.05) is 0 Å². The zero-order valence-electron chi connectivity index (χ0n) is 31.6. The number of hydrogen-bond acceptors (Lipinski definition) is 6. The number of halogens is 34. The van der Waals surface area contributed by atoms with Crippen molar-refractivity contribution in [3.05, 3.63) is 23.3 Å². The Bertz CT molecular complexity index is 1920. The van der Waals surface area contributed by atoms with Crippen molar-refractivity contribution in [1.29, 1.82) is 0 Å². The van der Waals surface area contributed by atoms with Gasteiger partial charge in [0.25, 0.3) is 11.8 Å². The number of carbonyl (C=O) groups is 2. The molecule has 0 aliphatic carbocycles. The number of nitrogen functional groups attached to an aromatic ring is 2. The van der Waals surface area contributed by atoms with Gasteiger partial charge in [-0.2, -0.15) is 149 Å². The van der Waals surface area contributed by atoms with Crippen LogP contribution in [-0.2, 0) is 0 Å². The summed E-state index contributed by atoms with van der Waals surface area (Å²) < 4.78 is 470. The minimum Gasteiger partial charge on any atom is -0.492 e. The summed E-state index contributed by atoms with van der Waals surface area (Å²) in [5.41, 5.74) is -1.45. The number of rotatable bonds is 22. The number of ether oxygens (including phenoxy) is 2. The second kappa shape index (κ2) is 18.1. The summed E-state index contributed by atoms with van der Waals surface area (Å²) in [6.45, 7) is -5.26. The van der Waals surface area contributed by atoms with Crippen LogP contribution in [0.25, 0.3) is 0 Å². The van der Waals surface area contributed by atoms with Crippen molar-refractivity contribution in [3.8, 4) is 11.5 Å². The average molecular weight is 1120 g/mol. The van der Waals surface area contributed by atoms with Crippen LogP contribution in [0.5, 0.6) is 11.5 Å². The van der Waals surface area contributed by atoms with Gasteiger partial charge in [-0.3, -0.25) is 20.4 Å². The fourth-order valence-electron chi connectivity index (χ4n) is 4.59. The third-order valence-electron chi connectivity index (χ3n) is 8.75. The van der Waals surface area contributed by atoms with Gasteiger partial charge in [0.1, 0.15) is 11.5 Å². The monoisotopic (exact) mass is 1120 g/mol. The summed E-state index contributed by atoms with van der Waals surface area (Å²) in [6.07, 6.45) is -23.0. The molecule has 70 heavy (non-hydrogen) atoms. The normalized spacial score (nSPS) is 15.5. The largest absolute Gasteiger partial charge is 0.492 e. The van der Waals surface area contributed by atoms with Crippen molar-refractivity contribution in [1.82, 2.24) is 10.9 Å². The van der Waals surface area contributed by atoms with Crippen LogP contribution in [0, 0.1) is 0 Å². The van der Waals surface area contributed by atoms with Crippen LogP contribution in [-0.4, -0.2) is 120 Å². The average Bonchev–Trinajstić information content (AvgIpc) is 3.18. The van der Waals surface area contributed by atoms with Gasteiger partial charge in [0.2, 0.25) is 0 Å². The smallest absolute Gasteiger partial charge is 0.460 e. The highest BCUT2D eigenvalue weighted by Crippen LogP contribution is 2.66. The van der Waals surface area contributed by atoms with Gasteiger partial charge < -0.3 is 9.47 Å². The van der Waals surface area contributed by atoms with Crippen LogP contribution >= 0.6 is 0 Å². The number of amides is 2. The van der Waals surface area contributed by atoms with Crippen LogP contribution < -0.4 is 32.0 Å². The van der Waals surface area contributed by atoms with E-state index in [0.29, 0.717) is 0 Å². The second-order valence-corrected chi connectivity index (χ2v) is 13.3. The molecule has 410 valence electrons. The first-order valence-corrected chi connectivity index (χ1v) is 16.3. The molecule has 0 unspecified atom stereocenters.